The van der Waals surface area contributed by atoms with Crippen molar-refractivity contribution < 1.29 is 32.7 Å². The number of likely N-dealkylation sites (N-methyl/N-ethyl adjacent to an activating group) is 1. The van der Waals surface area contributed by atoms with Crippen LogP contribution >= 0.6 is 0 Å². The van der Waals surface area contributed by atoms with Crippen LogP contribution in [0.4, 0.5) is 18.0 Å². The van der Waals surface area contributed by atoms with E-state index in [0.29, 0.717) is 18.2 Å². The van der Waals surface area contributed by atoms with Crippen LogP contribution in [-0.2, 0) is 15.0 Å². The van der Waals surface area contributed by atoms with Crippen molar-refractivity contribution in [1.29, 1.82) is 0 Å². The average molecular weight is 527 g/mol. The van der Waals surface area contributed by atoms with Crippen LogP contribution in [0.15, 0.2) is 24.3 Å². The Morgan fingerprint density at radius 1 is 1.03 bits per heavy atom. The summed E-state index contributed by atoms with van der Waals surface area (Å²) < 4.78 is 31.7. The van der Waals surface area contributed by atoms with E-state index in [-0.39, 0.29) is 17.5 Å². The summed E-state index contributed by atoms with van der Waals surface area (Å²) in [6.45, 7) is 9.18. The number of aliphatic carboxylic acids is 1. The van der Waals surface area contributed by atoms with Crippen molar-refractivity contribution in [2.24, 2.45) is 0 Å². The molecular weight excluding hydrogens is 489 g/mol. The number of piperazine rings is 1. The molecule has 0 radical (unpaired) electrons. The number of rotatable bonds is 3. The van der Waals surface area contributed by atoms with Crippen molar-refractivity contribution in [2.75, 3.05) is 46.3 Å². The van der Waals surface area contributed by atoms with Gasteiger partial charge in [-0.3, -0.25) is 4.79 Å². The van der Waals surface area contributed by atoms with Crippen molar-refractivity contribution >= 4 is 17.9 Å². The number of carboxylic acid groups (broad SMARTS) is 1. The van der Waals surface area contributed by atoms with Gasteiger partial charge in [0.1, 0.15) is 0 Å². The Hall–Kier alpha value is -2.82. The minimum Gasteiger partial charge on any atom is -0.475 e. The molecule has 0 saturated carbocycles. The molecule has 2 heterocycles. The third-order valence-corrected chi connectivity index (χ3v) is 7.55. The molecule has 0 aromatic heterocycles. The summed E-state index contributed by atoms with van der Waals surface area (Å²) in [6, 6.07) is 8.93. The zero-order chi connectivity index (χ0) is 27.4. The van der Waals surface area contributed by atoms with Gasteiger partial charge in [0.25, 0.3) is 0 Å². The average Bonchev–Trinajstić information content (AvgIpc) is 3.12. The van der Waals surface area contributed by atoms with Crippen LogP contribution in [0.2, 0.25) is 0 Å². The van der Waals surface area contributed by atoms with Crippen LogP contribution in [-0.4, -0.2) is 96.2 Å². The number of hydrogen-bond acceptors (Lipinski definition) is 4. The van der Waals surface area contributed by atoms with Crippen LogP contribution in [0.5, 0.6) is 0 Å². The molecule has 1 atom stereocenters. The van der Waals surface area contributed by atoms with Gasteiger partial charge >= 0.3 is 18.2 Å². The second-order valence-corrected chi connectivity index (χ2v) is 10.6. The first kappa shape index (κ1) is 28.7. The molecule has 8 nitrogen and oxygen atoms in total. The number of halogens is 3. The Morgan fingerprint density at radius 2 is 1.59 bits per heavy atom. The molecule has 4 rings (SSSR count). The predicted molar refractivity (Wildman–Crippen MR) is 132 cm³/mol. The van der Waals surface area contributed by atoms with E-state index >= 15 is 0 Å². The first-order chi connectivity index (χ1) is 17.3. The van der Waals surface area contributed by atoms with E-state index < -0.39 is 12.1 Å². The molecule has 1 unspecified atom stereocenters. The zero-order valence-electron chi connectivity index (χ0n) is 21.7. The van der Waals surface area contributed by atoms with Crippen LogP contribution in [0.25, 0.3) is 0 Å². The largest absolute Gasteiger partial charge is 0.490 e. The molecule has 1 spiro atoms. The Balaban J connectivity index is 0.000000479. The number of likely N-dealkylation sites (tertiary alicyclic amines) is 1. The van der Waals surface area contributed by atoms with E-state index in [0.717, 1.165) is 58.5 Å². The van der Waals surface area contributed by atoms with Gasteiger partial charge in [0.15, 0.2) is 0 Å². The smallest absolute Gasteiger partial charge is 0.475 e. The number of carbonyl (C=O) groups excluding carboxylic acids is 2. The molecule has 2 saturated heterocycles. The van der Waals surface area contributed by atoms with E-state index in [2.05, 4.69) is 41.5 Å². The number of fused-ring (bicyclic) bond motifs is 2. The van der Waals surface area contributed by atoms with Gasteiger partial charge in [-0.2, -0.15) is 13.2 Å². The van der Waals surface area contributed by atoms with E-state index in [9.17, 15) is 22.8 Å². The summed E-state index contributed by atoms with van der Waals surface area (Å²) in [7, 11) is 2.12. The molecule has 2 N–H and O–H groups in total. The summed E-state index contributed by atoms with van der Waals surface area (Å²) in [6.07, 6.45) is -1.48. The molecule has 3 amide bonds. The molecule has 1 aromatic rings. The quantitative estimate of drug-likeness (QED) is 0.630. The maximum absolute atomic E-state index is 13.0. The molecule has 1 aromatic carbocycles. The zero-order valence-corrected chi connectivity index (χ0v) is 21.7. The summed E-state index contributed by atoms with van der Waals surface area (Å²) in [5, 5.41) is 10.1. The lowest BCUT2D eigenvalue weighted by Gasteiger charge is -2.40. The third kappa shape index (κ3) is 7.15. The van der Waals surface area contributed by atoms with Gasteiger partial charge in [0.05, 0.1) is 0 Å². The summed E-state index contributed by atoms with van der Waals surface area (Å²) in [5.74, 6) is -2.16. The van der Waals surface area contributed by atoms with E-state index in [1.165, 1.54) is 11.1 Å². The minimum absolute atomic E-state index is 0.0490. The van der Waals surface area contributed by atoms with Crippen LogP contribution in [0.1, 0.15) is 56.6 Å². The van der Waals surface area contributed by atoms with E-state index in [1.807, 2.05) is 23.6 Å². The minimum atomic E-state index is -5.08. The van der Waals surface area contributed by atoms with Gasteiger partial charge < -0.3 is 25.1 Å². The monoisotopic (exact) mass is 526 g/mol. The molecule has 3 aliphatic rings. The number of carboxylic acids is 1. The number of urea groups is 1. The Labute approximate surface area is 215 Å². The lowest BCUT2D eigenvalue weighted by molar-refractivity contribution is -0.192. The highest BCUT2D eigenvalue weighted by Gasteiger charge is 2.46. The summed E-state index contributed by atoms with van der Waals surface area (Å²) in [5.41, 5.74) is 2.89. The molecule has 206 valence electrons. The Morgan fingerprint density at radius 3 is 2.14 bits per heavy atom. The molecular formula is C26H37F3N4O4. The Bertz CT molecular complexity index is 969. The van der Waals surface area contributed by atoms with Gasteiger partial charge in [0.2, 0.25) is 5.91 Å². The lowest BCUT2D eigenvalue weighted by atomic mass is 9.73. The van der Waals surface area contributed by atoms with Crippen LogP contribution in [0, 0.1) is 0 Å². The van der Waals surface area contributed by atoms with E-state index in [1.54, 1.807) is 0 Å². The second-order valence-electron chi connectivity index (χ2n) is 10.6. The predicted octanol–water partition coefficient (Wildman–Crippen LogP) is 3.42. The maximum atomic E-state index is 13.0. The highest BCUT2D eigenvalue weighted by atomic mass is 19.4. The first-order valence-corrected chi connectivity index (χ1v) is 12.7. The fourth-order valence-corrected chi connectivity index (χ4v) is 5.55. The molecule has 0 bridgehead atoms. The van der Waals surface area contributed by atoms with Gasteiger partial charge in [-0.1, -0.05) is 24.3 Å². The lowest BCUT2D eigenvalue weighted by Crippen LogP contribution is -2.49. The van der Waals surface area contributed by atoms with Crippen molar-refractivity contribution in [3.63, 3.8) is 0 Å². The van der Waals surface area contributed by atoms with Crippen molar-refractivity contribution in [3.8, 4) is 0 Å². The van der Waals surface area contributed by atoms with Gasteiger partial charge in [-0.05, 0) is 62.6 Å². The molecule has 2 aliphatic heterocycles. The van der Waals surface area contributed by atoms with Crippen LogP contribution in [0.3, 0.4) is 0 Å². The van der Waals surface area contributed by atoms with Gasteiger partial charge in [-0.15, -0.1) is 0 Å². The summed E-state index contributed by atoms with van der Waals surface area (Å²) >= 11 is 0. The van der Waals surface area contributed by atoms with Crippen molar-refractivity contribution in [1.82, 2.24) is 20.0 Å². The fraction of sp³-hybridized carbons (Fsp3) is 0.654. The normalized spacial score (nSPS) is 21.3. The molecule has 11 heteroatoms. The number of alkyl halides is 3. The maximum Gasteiger partial charge on any atom is 0.490 e. The third-order valence-electron chi connectivity index (χ3n) is 7.55. The number of amides is 3. The number of hydrogen-bond donors (Lipinski definition) is 2. The van der Waals surface area contributed by atoms with Crippen molar-refractivity contribution in [3.05, 3.63) is 35.4 Å². The number of nitrogens with zero attached hydrogens (tertiary/aromatic N) is 3. The molecule has 37 heavy (non-hydrogen) atoms. The fourth-order valence-electron chi connectivity index (χ4n) is 5.55. The standard InChI is InChI=1S/C24H36N4O2.C2HF3O2/c1-18(2)25-23(30)28-10-8-24(9-11-28)17-19(20-6-4-5-7-21(20)24)16-22(29)27-14-12-26(3)13-15-27;3-2(4,5)1(6)7/h4-7,18-19H,8-17H2,1-3H3,(H,25,30);(H,6,7). The topological polar surface area (TPSA) is 93.2 Å². The second kappa shape index (κ2) is 11.7. The van der Waals surface area contributed by atoms with E-state index in [4.69, 9.17) is 9.90 Å². The highest BCUT2D eigenvalue weighted by Crippen LogP contribution is 2.52. The van der Waals surface area contributed by atoms with Crippen molar-refractivity contribution in [2.45, 2.75) is 63.1 Å². The van der Waals surface area contributed by atoms with Crippen LogP contribution < -0.4 is 5.32 Å². The number of piperidine rings is 1. The Kier molecular flexibility index (Phi) is 9.09. The highest BCUT2D eigenvalue weighted by molar-refractivity contribution is 5.78. The first-order valence-electron chi connectivity index (χ1n) is 12.7. The number of nitrogens with one attached hydrogen (secondary N) is 1. The SMILES string of the molecule is CC(C)NC(=O)N1CCC2(CC1)CC(CC(=O)N1CCN(C)CC1)c1ccccc12.O=C(O)C(F)(F)F. The van der Waals surface area contributed by atoms with Gasteiger partial charge in [0, 0.05) is 51.7 Å². The van der Waals surface area contributed by atoms with Gasteiger partial charge in [-0.25, -0.2) is 9.59 Å². The number of benzene rings is 1. The molecule has 1 aliphatic carbocycles. The number of carbonyl (C=O) groups is 3. The molecule has 2 fully saturated rings. The summed E-state index contributed by atoms with van der Waals surface area (Å²) in [4.78, 5) is 40.6.